The van der Waals surface area contributed by atoms with Gasteiger partial charge in [0.1, 0.15) is 0 Å². The smallest absolute Gasteiger partial charge is 0.283 e. The van der Waals surface area contributed by atoms with Gasteiger partial charge in [0.15, 0.2) is 4.71 Å². The van der Waals surface area contributed by atoms with Gasteiger partial charge in [-0.3, -0.25) is 4.55 Å². The second kappa shape index (κ2) is 2.63. The summed E-state index contributed by atoms with van der Waals surface area (Å²) in [6.45, 7) is -0.277. The molecule has 0 aliphatic rings. The molecule has 0 aromatic rings. The third-order valence-corrected chi connectivity index (χ3v) is 2.20. The van der Waals surface area contributed by atoms with Gasteiger partial charge in [0.2, 0.25) is 0 Å². The molecule has 0 saturated carbocycles. The summed E-state index contributed by atoms with van der Waals surface area (Å²) >= 11 is 4.98. The van der Waals surface area contributed by atoms with Crippen LogP contribution in [0.4, 0.5) is 0 Å². The standard InChI is InChI=1S/C2H6ClNO3S/c3-2(1-4)8(5,6)7/h2H,1,4H2,(H,5,6,7). The Kier molecular flexibility index (Phi) is 2.68. The molecule has 0 aliphatic carbocycles. The molecule has 0 rings (SSSR count). The van der Waals surface area contributed by atoms with Crippen molar-refractivity contribution in [2.24, 2.45) is 5.73 Å². The number of halogens is 1. The number of nitrogens with two attached hydrogens (primary N) is 1. The first kappa shape index (κ1) is 8.16. The van der Waals surface area contributed by atoms with Gasteiger partial charge in [0.05, 0.1) is 0 Å². The van der Waals surface area contributed by atoms with E-state index in [1.807, 2.05) is 0 Å². The predicted molar refractivity (Wildman–Crippen MR) is 30.2 cm³/mol. The van der Waals surface area contributed by atoms with E-state index in [1.54, 1.807) is 0 Å². The normalized spacial score (nSPS) is 15.9. The van der Waals surface area contributed by atoms with E-state index in [2.05, 4.69) is 0 Å². The first-order chi connectivity index (χ1) is 3.48. The maximum absolute atomic E-state index is 9.91. The van der Waals surface area contributed by atoms with E-state index in [0.29, 0.717) is 0 Å². The van der Waals surface area contributed by atoms with E-state index >= 15 is 0 Å². The minimum absolute atomic E-state index is 0.277. The molecule has 6 heteroatoms. The van der Waals surface area contributed by atoms with Gasteiger partial charge < -0.3 is 5.73 Å². The van der Waals surface area contributed by atoms with E-state index < -0.39 is 14.8 Å². The van der Waals surface area contributed by atoms with Crippen LogP contribution in [0.15, 0.2) is 0 Å². The minimum atomic E-state index is -4.11. The third-order valence-electron chi connectivity index (χ3n) is 0.509. The minimum Gasteiger partial charge on any atom is -0.328 e. The molecule has 3 N–H and O–H groups in total. The molecular weight excluding hydrogens is 154 g/mol. The van der Waals surface area contributed by atoms with Crippen molar-refractivity contribution < 1.29 is 13.0 Å². The summed E-state index contributed by atoms with van der Waals surface area (Å²) < 4.78 is 26.5. The predicted octanol–water partition coefficient (Wildman–Crippen LogP) is -0.602. The number of alkyl halides is 1. The lowest BCUT2D eigenvalue weighted by Crippen LogP contribution is -2.23. The molecular formula is C2H6ClNO3S. The van der Waals surface area contributed by atoms with E-state index in [4.69, 9.17) is 21.9 Å². The largest absolute Gasteiger partial charge is 0.328 e. The fourth-order valence-electron chi connectivity index (χ4n) is 0.122. The molecule has 0 bridgehead atoms. The fraction of sp³-hybridized carbons (Fsp3) is 1.00. The highest BCUT2D eigenvalue weighted by Gasteiger charge is 2.16. The van der Waals surface area contributed by atoms with Crippen LogP contribution in [0.3, 0.4) is 0 Å². The molecule has 0 amide bonds. The van der Waals surface area contributed by atoms with Crippen molar-refractivity contribution in [1.29, 1.82) is 0 Å². The van der Waals surface area contributed by atoms with Gasteiger partial charge in [0, 0.05) is 6.54 Å². The van der Waals surface area contributed by atoms with Crippen molar-refractivity contribution >= 4 is 21.7 Å². The average molecular weight is 160 g/mol. The molecule has 0 aromatic heterocycles. The summed E-state index contributed by atoms with van der Waals surface area (Å²) in [4.78, 5) is 0. The molecule has 0 fully saturated rings. The third kappa shape index (κ3) is 2.46. The quantitative estimate of drug-likeness (QED) is 0.417. The zero-order chi connectivity index (χ0) is 6.78. The zero-order valence-electron chi connectivity index (χ0n) is 3.91. The van der Waals surface area contributed by atoms with Crippen LogP contribution in [0.1, 0.15) is 0 Å². The second-order valence-electron chi connectivity index (χ2n) is 1.16. The van der Waals surface area contributed by atoms with E-state index in [9.17, 15) is 8.42 Å². The van der Waals surface area contributed by atoms with Crippen LogP contribution in [0.2, 0.25) is 0 Å². The van der Waals surface area contributed by atoms with Gasteiger partial charge in [-0.1, -0.05) is 0 Å². The number of rotatable bonds is 2. The maximum atomic E-state index is 9.91. The van der Waals surface area contributed by atoms with Crippen LogP contribution in [-0.2, 0) is 10.1 Å². The van der Waals surface area contributed by atoms with Crippen molar-refractivity contribution in [2.75, 3.05) is 6.54 Å². The Morgan fingerprint density at radius 1 is 1.75 bits per heavy atom. The van der Waals surface area contributed by atoms with Gasteiger partial charge in [0.25, 0.3) is 10.1 Å². The molecule has 50 valence electrons. The van der Waals surface area contributed by atoms with Gasteiger partial charge in [-0.25, -0.2) is 0 Å². The van der Waals surface area contributed by atoms with Crippen LogP contribution >= 0.6 is 11.6 Å². The Balaban J connectivity index is 4.04. The zero-order valence-corrected chi connectivity index (χ0v) is 5.48. The molecule has 0 saturated heterocycles. The van der Waals surface area contributed by atoms with Crippen molar-refractivity contribution in [3.8, 4) is 0 Å². The average Bonchev–Trinajstić information content (AvgIpc) is 1.62. The summed E-state index contributed by atoms with van der Waals surface area (Å²) in [6.07, 6.45) is 0. The Hall–Kier alpha value is 0.160. The lowest BCUT2D eigenvalue weighted by molar-refractivity contribution is 0.479. The molecule has 0 aromatic carbocycles. The molecule has 0 heterocycles. The Morgan fingerprint density at radius 3 is 2.12 bits per heavy atom. The molecule has 8 heavy (non-hydrogen) atoms. The van der Waals surface area contributed by atoms with E-state index in [-0.39, 0.29) is 6.54 Å². The summed E-state index contributed by atoms with van der Waals surface area (Å²) in [5.41, 5.74) is 4.79. The van der Waals surface area contributed by atoms with E-state index in [0.717, 1.165) is 0 Å². The van der Waals surface area contributed by atoms with Crippen molar-refractivity contribution in [3.05, 3.63) is 0 Å². The van der Waals surface area contributed by atoms with Crippen LogP contribution < -0.4 is 5.73 Å². The molecule has 0 radical (unpaired) electrons. The number of hydrogen-bond donors (Lipinski definition) is 2. The van der Waals surface area contributed by atoms with Crippen LogP contribution in [0.25, 0.3) is 0 Å². The highest BCUT2D eigenvalue weighted by molar-refractivity contribution is 7.87. The highest BCUT2D eigenvalue weighted by atomic mass is 35.5. The van der Waals surface area contributed by atoms with Gasteiger partial charge in [-0.05, 0) is 0 Å². The molecule has 0 spiro atoms. The van der Waals surface area contributed by atoms with Crippen LogP contribution in [0.5, 0.6) is 0 Å². The maximum Gasteiger partial charge on any atom is 0.283 e. The second-order valence-corrected chi connectivity index (χ2v) is 3.55. The summed E-state index contributed by atoms with van der Waals surface area (Å²) in [5, 5.41) is 0. The molecule has 4 nitrogen and oxygen atoms in total. The first-order valence-electron chi connectivity index (χ1n) is 1.79. The fourth-order valence-corrected chi connectivity index (χ4v) is 0.365. The molecule has 1 unspecified atom stereocenters. The SMILES string of the molecule is NCC(Cl)S(=O)(=O)O. The Morgan fingerprint density at radius 2 is 2.12 bits per heavy atom. The van der Waals surface area contributed by atoms with Gasteiger partial charge in [-0.2, -0.15) is 8.42 Å². The topological polar surface area (TPSA) is 80.4 Å². The monoisotopic (exact) mass is 159 g/mol. The molecule has 0 aliphatic heterocycles. The van der Waals surface area contributed by atoms with Gasteiger partial charge in [-0.15, -0.1) is 11.6 Å². The summed E-state index contributed by atoms with van der Waals surface area (Å²) in [7, 11) is -4.11. The van der Waals surface area contributed by atoms with Crippen LogP contribution in [-0.4, -0.2) is 24.2 Å². The summed E-state index contributed by atoms with van der Waals surface area (Å²) in [6, 6.07) is 0. The van der Waals surface area contributed by atoms with E-state index in [1.165, 1.54) is 0 Å². The van der Waals surface area contributed by atoms with Crippen molar-refractivity contribution in [2.45, 2.75) is 4.71 Å². The Bertz CT molecular complexity index is 153. The number of hydrogen-bond acceptors (Lipinski definition) is 3. The molecule has 1 atom stereocenters. The first-order valence-corrected chi connectivity index (χ1v) is 3.73. The van der Waals surface area contributed by atoms with Crippen LogP contribution in [0, 0.1) is 0 Å². The highest BCUT2D eigenvalue weighted by Crippen LogP contribution is 1.99. The lowest BCUT2D eigenvalue weighted by Gasteiger charge is -1.98. The van der Waals surface area contributed by atoms with Crippen molar-refractivity contribution in [3.63, 3.8) is 0 Å². The van der Waals surface area contributed by atoms with Crippen molar-refractivity contribution in [1.82, 2.24) is 0 Å². The summed E-state index contributed by atoms with van der Waals surface area (Å²) in [5.74, 6) is 0. The lowest BCUT2D eigenvalue weighted by atomic mass is 10.8. The van der Waals surface area contributed by atoms with Gasteiger partial charge >= 0.3 is 0 Å². The Labute approximate surface area is 52.4 Å².